The first-order valence-corrected chi connectivity index (χ1v) is 9.96. The van der Waals surface area contributed by atoms with Crippen molar-refractivity contribution in [1.82, 2.24) is 0 Å². The van der Waals surface area contributed by atoms with Crippen molar-refractivity contribution >= 4 is 5.78 Å². The zero-order chi connectivity index (χ0) is 16.3. The summed E-state index contributed by atoms with van der Waals surface area (Å²) < 4.78 is 0. The molecule has 0 rings (SSSR count). The van der Waals surface area contributed by atoms with Crippen molar-refractivity contribution in [2.45, 2.75) is 116 Å². The van der Waals surface area contributed by atoms with E-state index in [-0.39, 0.29) is 5.78 Å². The first-order valence-electron chi connectivity index (χ1n) is 9.96. The van der Waals surface area contributed by atoms with E-state index in [0.29, 0.717) is 6.42 Å². The molecule has 0 fully saturated rings. The van der Waals surface area contributed by atoms with Crippen LogP contribution in [0.4, 0.5) is 0 Å². The van der Waals surface area contributed by atoms with E-state index < -0.39 is 0 Å². The van der Waals surface area contributed by atoms with Gasteiger partial charge in [0, 0.05) is 6.42 Å². The molecule has 1 heteroatoms. The number of unbranched alkanes of at least 4 members (excludes halogenated alkanes) is 15. The second kappa shape index (κ2) is 18.5. The van der Waals surface area contributed by atoms with Gasteiger partial charge in [-0.15, -0.1) is 0 Å². The molecule has 1 nitrogen and oxygen atoms in total. The van der Waals surface area contributed by atoms with Crippen LogP contribution in [-0.2, 0) is 4.79 Å². The molecule has 0 atom stereocenters. The van der Waals surface area contributed by atoms with E-state index in [1.807, 2.05) is 0 Å². The first-order chi connectivity index (χ1) is 10.8. The Hall–Kier alpha value is -0.590. The standard InChI is InChI=1S/C21H40O/c1-3-5-6-7-8-9-10-11-12-13-14-15-16-17-18-19-20-21(22)4-2/h4H,2-3,5-20H2,1H3. The average Bonchev–Trinajstić information content (AvgIpc) is 2.54. The number of ketones is 1. The van der Waals surface area contributed by atoms with Gasteiger partial charge in [-0.3, -0.25) is 4.79 Å². The third-order valence-electron chi connectivity index (χ3n) is 4.50. The summed E-state index contributed by atoms with van der Waals surface area (Å²) in [6.07, 6.45) is 24.1. The van der Waals surface area contributed by atoms with Crippen LogP contribution >= 0.6 is 0 Å². The summed E-state index contributed by atoms with van der Waals surface area (Å²) in [6.45, 7) is 5.78. The summed E-state index contributed by atoms with van der Waals surface area (Å²) in [5.74, 6) is 0.199. The molecule has 0 spiro atoms. The van der Waals surface area contributed by atoms with E-state index in [0.717, 1.165) is 6.42 Å². The van der Waals surface area contributed by atoms with Crippen molar-refractivity contribution in [2.24, 2.45) is 0 Å². The second-order valence-electron chi connectivity index (χ2n) is 6.72. The Morgan fingerprint density at radius 3 is 1.27 bits per heavy atom. The van der Waals surface area contributed by atoms with E-state index in [1.165, 1.54) is 102 Å². The molecule has 0 saturated heterocycles. The molecule has 0 amide bonds. The van der Waals surface area contributed by atoms with Gasteiger partial charge in [-0.1, -0.05) is 110 Å². The highest BCUT2D eigenvalue weighted by Crippen LogP contribution is 2.14. The summed E-state index contributed by atoms with van der Waals surface area (Å²) in [5.41, 5.74) is 0. The lowest BCUT2D eigenvalue weighted by Gasteiger charge is -2.03. The lowest BCUT2D eigenvalue weighted by Crippen LogP contribution is -1.91. The Kier molecular flexibility index (Phi) is 18.0. The SMILES string of the molecule is C=CC(=O)CCCCCCCCCCCCCCCCCC. The van der Waals surface area contributed by atoms with Gasteiger partial charge in [0.15, 0.2) is 5.78 Å². The van der Waals surface area contributed by atoms with Crippen LogP contribution in [0.5, 0.6) is 0 Å². The number of hydrogen-bond donors (Lipinski definition) is 0. The average molecular weight is 309 g/mol. The van der Waals surface area contributed by atoms with Crippen molar-refractivity contribution in [3.63, 3.8) is 0 Å². The molecule has 0 aromatic heterocycles. The minimum absolute atomic E-state index is 0.199. The molecule has 0 heterocycles. The third kappa shape index (κ3) is 17.5. The maximum Gasteiger partial charge on any atom is 0.155 e. The molecule has 0 radical (unpaired) electrons. The van der Waals surface area contributed by atoms with Crippen LogP contribution in [0.2, 0.25) is 0 Å². The molecule has 0 aromatic carbocycles. The quantitative estimate of drug-likeness (QED) is 0.190. The lowest BCUT2D eigenvalue weighted by molar-refractivity contribution is -0.114. The summed E-state index contributed by atoms with van der Waals surface area (Å²) in [6, 6.07) is 0. The fraction of sp³-hybridized carbons (Fsp3) is 0.857. The predicted molar refractivity (Wildman–Crippen MR) is 99.4 cm³/mol. The highest BCUT2D eigenvalue weighted by molar-refractivity contribution is 5.88. The van der Waals surface area contributed by atoms with Crippen LogP contribution in [0, 0.1) is 0 Å². The molecule has 130 valence electrons. The Morgan fingerprint density at radius 2 is 0.955 bits per heavy atom. The van der Waals surface area contributed by atoms with E-state index in [9.17, 15) is 4.79 Å². The summed E-state index contributed by atoms with van der Waals surface area (Å²) in [7, 11) is 0. The van der Waals surface area contributed by atoms with Crippen LogP contribution in [0.1, 0.15) is 116 Å². The monoisotopic (exact) mass is 308 g/mol. The number of hydrogen-bond acceptors (Lipinski definition) is 1. The lowest BCUT2D eigenvalue weighted by atomic mass is 10.0. The van der Waals surface area contributed by atoms with Crippen molar-refractivity contribution in [1.29, 1.82) is 0 Å². The first kappa shape index (κ1) is 21.4. The maximum absolute atomic E-state index is 11.0. The van der Waals surface area contributed by atoms with Gasteiger partial charge < -0.3 is 0 Å². The molecular formula is C21H40O. The minimum atomic E-state index is 0.199. The Balaban J connectivity index is 2.99. The molecule has 0 aliphatic carbocycles. The molecular weight excluding hydrogens is 268 g/mol. The smallest absolute Gasteiger partial charge is 0.155 e. The van der Waals surface area contributed by atoms with Crippen molar-refractivity contribution in [2.75, 3.05) is 0 Å². The molecule has 22 heavy (non-hydrogen) atoms. The fourth-order valence-corrected chi connectivity index (χ4v) is 2.95. The summed E-state index contributed by atoms with van der Waals surface area (Å²) in [5, 5.41) is 0. The number of allylic oxidation sites excluding steroid dienone is 1. The van der Waals surface area contributed by atoms with Gasteiger partial charge in [0.05, 0.1) is 0 Å². The zero-order valence-corrected chi connectivity index (χ0v) is 15.2. The van der Waals surface area contributed by atoms with Gasteiger partial charge in [-0.25, -0.2) is 0 Å². The molecule has 0 bridgehead atoms. The maximum atomic E-state index is 11.0. The topological polar surface area (TPSA) is 17.1 Å². The van der Waals surface area contributed by atoms with E-state index in [1.54, 1.807) is 0 Å². The Labute approximate surface area is 140 Å². The van der Waals surface area contributed by atoms with Crippen molar-refractivity contribution < 1.29 is 4.79 Å². The Bertz CT molecular complexity index is 244. The number of rotatable bonds is 18. The van der Waals surface area contributed by atoms with Gasteiger partial charge in [0.2, 0.25) is 0 Å². The van der Waals surface area contributed by atoms with Gasteiger partial charge >= 0.3 is 0 Å². The van der Waals surface area contributed by atoms with Gasteiger partial charge in [-0.05, 0) is 12.5 Å². The van der Waals surface area contributed by atoms with Crippen LogP contribution in [0.25, 0.3) is 0 Å². The van der Waals surface area contributed by atoms with Gasteiger partial charge in [0.25, 0.3) is 0 Å². The molecule has 0 aliphatic rings. The van der Waals surface area contributed by atoms with E-state index in [4.69, 9.17) is 0 Å². The van der Waals surface area contributed by atoms with Crippen LogP contribution in [-0.4, -0.2) is 5.78 Å². The highest BCUT2D eigenvalue weighted by Gasteiger charge is 1.96. The van der Waals surface area contributed by atoms with Gasteiger partial charge in [-0.2, -0.15) is 0 Å². The molecule has 0 unspecified atom stereocenters. The van der Waals surface area contributed by atoms with Crippen LogP contribution in [0.3, 0.4) is 0 Å². The minimum Gasteiger partial charge on any atom is -0.295 e. The fourth-order valence-electron chi connectivity index (χ4n) is 2.95. The summed E-state index contributed by atoms with van der Waals surface area (Å²) >= 11 is 0. The number of carbonyl (C=O) groups is 1. The predicted octanol–water partition coefficient (Wildman–Crippen LogP) is 7.39. The highest BCUT2D eigenvalue weighted by atomic mass is 16.1. The number of carbonyl (C=O) groups excluding carboxylic acids is 1. The van der Waals surface area contributed by atoms with Crippen LogP contribution in [0.15, 0.2) is 12.7 Å². The normalized spacial score (nSPS) is 10.8. The molecule has 0 aliphatic heterocycles. The van der Waals surface area contributed by atoms with Gasteiger partial charge in [0.1, 0.15) is 0 Å². The summed E-state index contributed by atoms with van der Waals surface area (Å²) in [4.78, 5) is 11.0. The largest absolute Gasteiger partial charge is 0.295 e. The molecule has 0 saturated carbocycles. The van der Waals surface area contributed by atoms with Crippen LogP contribution < -0.4 is 0 Å². The second-order valence-corrected chi connectivity index (χ2v) is 6.72. The van der Waals surface area contributed by atoms with Crippen molar-refractivity contribution in [3.05, 3.63) is 12.7 Å². The zero-order valence-electron chi connectivity index (χ0n) is 15.2. The third-order valence-corrected chi connectivity index (χ3v) is 4.50. The molecule has 0 aromatic rings. The van der Waals surface area contributed by atoms with Crippen molar-refractivity contribution in [3.8, 4) is 0 Å². The molecule has 0 N–H and O–H groups in total. The van der Waals surface area contributed by atoms with E-state index >= 15 is 0 Å². The van der Waals surface area contributed by atoms with E-state index in [2.05, 4.69) is 13.5 Å². The Morgan fingerprint density at radius 1 is 0.636 bits per heavy atom.